The minimum absolute atomic E-state index is 0. The monoisotopic (exact) mass is 320 g/mol. The van der Waals surface area contributed by atoms with Crippen LogP contribution in [0, 0.1) is 6.92 Å². The van der Waals surface area contributed by atoms with Crippen LogP contribution in [0.5, 0.6) is 5.75 Å². The zero-order chi connectivity index (χ0) is 13.1. The summed E-state index contributed by atoms with van der Waals surface area (Å²) in [6.07, 6.45) is 2.56. The van der Waals surface area contributed by atoms with Crippen molar-refractivity contribution >= 4 is 30.5 Å². The Hall–Kier alpha value is -0.640. The molecule has 3 N–H and O–H groups in total. The van der Waals surface area contributed by atoms with Crippen molar-refractivity contribution in [3.63, 3.8) is 0 Å². The molecule has 0 unspecified atom stereocenters. The van der Waals surface area contributed by atoms with Crippen LogP contribution in [0.25, 0.3) is 0 Å². The van der Waals surface area contributed by atoms with Crippen LogP contribution < -0.4 is 15.8 Å². The van der Waals surface area contributed by atoms with Crippen molar-refractivity contribution in [2.24, 2.45) is 0 Å². The lowest BCUT2D eigenvalue weighted by atomic mass is 9.87. The topological polar surface area (TPSA) is 47.3 Å². The number of hydrogen-bond donors (Lipinski definition) is 2. The van der Waals surface area contributed by atoms with Gasteiger partial charge in [-0.05, 0) is 75.9 Å². The molecule has 1 fully saturated rings. The van der Waals surface area contributed by atoms with Crippen LogP contribution in [0.2, 0.25) is 0 Å². The number of rotatable bonds is 3. The fourth-order valence-electron chi connectivity index (χ4n) is 2.65. The number of aryl methyl sites for hydroxylation is 1. The number of halogens is 2. The lowest BCUT2D eigenvalue weighted by Crippen LogP contribution is -2.27. The molecule has 116 valence electrons. The molecule has 2 rings (SSSR count). The van der Waals surface area contributed by atoms with Gasteiger partial charge in [0.2, 0.25) is 0 Å². The second kappa shape index (κ2) is 8.60. The van der Waals surface area contributed by atoms with Gasteiger partial charge in [0.25, 0.3) is 0 Å². The minimum Gasteiger partial charge on any atom is -0.489 e. The Balaban J connectivity index is 0.00000180. The molecular weight excluding hydrogens is 295 g/mol. The van der Waals surface area contributed by atoms with E-state index in [0.717, 1.165) is 24.5 Å². The molecule has 0 amide bonds. The molecule has 1 aromatic carbocycles. The molecule has 0 aliphatic carbocycles. The van der Waals surface area contributed by atoms with E-state index in [1.165, 1.54) is 24.0 Å². The van der Waals surface area contributed by atoms with E-state index >= 15 is 0 Å². The highest BCUT2D eigenvalue weighted by Gasteiger charge is 2.19. The lowest BCUT2D eigenvalue weighted by Gasteiger charge is -2.25. The Morgan fingerprint density at radius 3 is 2.35 bits per heavy atom. The highest BCUT2D eigenvalue weighted by Crippen LogP contribution is 2.34. The molecule has 0 aromatic heterocycles. The normalized spacial score (nSPS) is 15.4. The molecule has 1 aromatic rings. The highest BCUT2D eigenvalue weighted by atomic mass is 35.5. The van der Waals surface area contributed by atoms with E-state index in [2.05, 4.69) is 24.4 Å². The summed E-state index contributed by atoms with van der Waals surface area (Å²) in [6.45, 7) is 8.42. The van der Waals surface area contributed by atoms with Crippen LogP contribution in [0.1, 0.15) is 43.7 Å². The number of nitrogens with one attached hydrogen (secondary N) is 1. The van der Waals surface area contributed by atoms with Gasteiger partial charge in [0.15, 0.2) is 0 Å². The van der Waals surface area contributed by atoms with Gasteiger partial charge in [0.05, 0.1) is 11.8 Å². The average molecular weight is 321 g/mol. The third-order valence-electron chi connectivity index (χ3n) is 3.54. The molecule has 0 bridgehead atoms. The Labute approximate surface area is 134 Å². The maximum absolute atomic E-state index is 6.03. The second-order valence-electron chi connectivity index (χ2n) is 5.44. The summed E-state index contributed by atoms with van der Waals surface area (Å²) in [7, 11) is 0. The van der Waals surface area contributed by atoms with Crippen molar-refractivity contribution < 1.29 is 4.74 Å². The zero-order valence-electron chi connectivity index (χ0n) is 12.4. The average Bonchev–Trinajstić information content (AvgIpc) is 2.33. The first-order chi connectivity index (χ1) is 8.58. The van der Waals surface area contributed by atoms with Gasteiger partial charge in [0, 0.05) is 0 Å². The van der Waals surface area contributed by atoms with Gasteiger partial charge >= 0.3 is 0 Å². The van der Waals surface area contributed by atoms with E-state index in [1.54, 1.807) is 0 Å². The van der Waals surface area contributed by atoms with Gasteiger partial charge in [-0.1, -0.05) is 0 Å². The second-order valence-corrected chi connectivity index (χ2v) is 5.44. The molecule has 1 aliphatic rings. The Morgan fingerprint density at radius 2 is 1.80 bits per heavy atom. The summed E-state index contributed by atoms with van der Waals surface area (Å²) in [5.41, 5.74) is 9.47. The van der Waals surface area contributed by atoms with E-state index in [0.29, 0.717) is 5.92 Å². The molecule has 3 nitrogen and oxygen atoms in total. The number of nitrogens with two attached hydrogens (primary N) is 1. The minimum atomic E-state index is 0. The van der Waals surface area contributed by atoms with Crippen LogP contribution >= 0.6 is 24.8 Å². The number of anilines is 1. The summed E-state index contributed by atoms with van der Waals surface area (Å²) in [4.78, 5) is 0. The maximum atomic E-state index is 6.03. The van der Waals surface area contributed by atoms with E-state index in [1.807, 2.05) is 13.8 Å². The zero-order valence-corrected chi connectivity index (χ0v) is 14.1. The number of piperidine rings is 1. The van der Waals surface area contributed by atoms with Crippen molar-refractivity contribution in [1.29, 1.82) is 0 Å². The van der Waals surface area contributed by atoms with Gasteiger partial charge in [-0.3, -0.25) is 0 Å². The summed E-state index contributed by atoms with van der Waals surface area (Å²) in [5.74, 6) is 1.48. The number of benzene rings is 1. The molecule has 1 saturated heterocycles. The van der Waals surface area contributed by atoms with Crippen molar-refractivity contribution in [3.8, 4) is 5.75 Å². The van der Waals surface area contributed by atoms with Crippen molar-refractivity contribution in [1.82, 2.24) is 5.32 Å². The van der Waals surface area contributed by atoms with Crippen LogP contribution in [-0.4, -0.2) is 19.2 Å². The van der Waals surface area contributed by atoms with Crippen LogP contribution in [0.15, 0.2) is 12.1 Å². The summed E-state index contributed by atoms with van der Waals surface area (Å²) >= 11 is 0. The van der Waals surface area contributed by atoms with Crippen LogP contribution in [0.4, 0.5) is 5.69 Å². The number of hydrogen-bond acceptors (Lipinski definition) is 3. The molecule has 0 atom stereocenters. The molecule has 1 heterocycles. The fraction of sp³-hybridized carbons (Fsp3) is 0.600. The standard InChI is InChI=1S/C15H24N2O.2ClH/c1-10(2)18-15-9-13(11(3)8-14(15)16)12-4-6-17-7-5-12;;/h8-10,12,17H,4-7,16H2,1-3H3;2*1H. The number of nitrogen functional groups attached to an aromatic ring is 1. The SMILES string of the molecule is Cc1cc(N)c(OC(C)C)cc1C1CCNCC1.Cl.Cl. The Morgan fingerprint density at radius 1 is 1.20 bits per heavy atom. The lowest BCUT2D eigenvalue weighted by molar-refractivity contribution is 0.243. The predicted molar refractivity (Wildman–Crippen MR) is 90.7 cm³/mol. The molecule has 1 aliphatic heterocycles. The first-order valence-electron chi connectivity index (χ1n) is 6.85. The van der Waals surface area contributed by atoms with Crippen LogP contribution in [0.3, 0.4) is 0 Å². The third kappa shape index (κ3) is 4.72. The first kappa shape index (κ1) is 19.4. The van der Waals surface area contributed by atoms with E-state index in [-0.39, 0.29) is 30.9 Å². The Kier molecular flexibility index (Phi) is 8.33. The highest BCUT2D eigenvalue weighted by molar-refractivity contribution is 5.85. The molecule has 5 heteroatoms. The first-order valence-corrected chi connectivity index (χ1v) is 6.85. The van der Waals surface area contributed by atoms with Crippen molar-refractivity contribution in [2.75, 3.05) is 18.8 Å². The molecule has 20 heavy (non-hydrogen) atoms. The largest absolute Gasteiger partial charge is 0.489 e. The molecule has 0 radical (unpaired) electrons. The predicted octanol–water partition coefficient (Wildman–Crippen LogP) is 3.68. The molecule has 0 saturated carbocycles. The van der Waals surface area contributed by atoms with Gasteiger partial charge in [-0.15, -0.1) is 24.8 Å². The molecule has 0 spiro atoms. The van der Waals surface area contributed by atoms with E-state index in [9.17, 15) is 0 Å². The van der Waals surface area contributed by atoms with Gasteiger partial charge in [-0.2, -0.15) is 0 Å². The van der Waals surface area contributed by atoms with Crippen LogP contribution in [-0.2, 0) is 0 Å². The quantitative estimate of drug-likeness (QED) is 0.835. The smallest absolute Gasteiger partial charge is 0.142 e. The summed E-state index contributed by atoms with van der Waals surface area (Å²) in [6, 6.07) is 4.20. The van der Waals surface area contributed by atoms with Crippen molar-refractivity contribution in [2.45, 2.75) is 45.6 Å². The van der Waals surface area contributed by atoms with E-state index < -0.39 is 0 Å². The van der Waals surface area contributed by atoms with Gasteiger partial charge in [-0.25, -0.2) is 0 Å². The van der Waals surface area contributed by atoms with Gasteiger partial charge in [0.1, 0.15) is 5.75 Å². The summed E-state index contributed by atoms with van der Waals surface area (Å²) in [5, 5.41) is 3.41. The molecular formula is C15H26Cl2N2O. The van der Waals surface area contributed by atoms with Crippen molar-refractivity contribution in [3.05, 3.63) is 23.3 Å². The Bertz CT molecular complexity index is 419. The number of ether oxygens (including phenoxy) is 1. The summed E-state index contributed by atoms with van der Waals surface area (Å²) < 4.78 is 5.79. The maximum Gasteiger partial charge on any atom is 0.142 e. The van der Waals surface area contributed by atoms with Gasteiger partial charge < -0.3 is 15.8 Å². The third-order valence-corrected chi connectivity index (χ3v) is 3.54. The fourth-order valence-corrected chi connectivity index (χ4v) is 2.65. The van der Waals surface area contributed by atoms with E-state index in [4.69, 9.17) is 10.5 Å².